The highest BCUT2D eigenvalue weighted by atomic mass is 16.5. The van der Waals surface area contributed by atoms with Gasteiger partial charge in [0.05, 0.1) is 7.11 Å². The Balaban J connectivity index is 3.97. The Morgan fingerprint density at radius 2 is 1.94 bits per heavy atom. The van der Waals surface area contributed by atoms with E-state index in [9.17, 15) is 14.4 Å². The topological polar surface area (TPSA) is 83.9 Å². The van der Waals surface area contributed by atoms with Crippen molar-refractivity contribution < 1.29 is 24.2 Å². The molecule has 0 aromatic rings. The number of carbonyl (C=O) groups excluding carboxylic acids is 2. The smallest absolute Gasteiger partial charge is 0.315 e. The third kappa shape index (κ3) is 4.77. The van der Waals surface area contributed by atoms with Crippen LogP contribution in [0.4, 0.5) is 0 Å². The number of nitrogens with zero attached hydrogens (tertiary/aromatic N) is 1. The van der Waals surface area contributed by atoms with Gasteiger partial charge < -0.3 is 14.7 Å². The van der Waals surface area contributed by atoms with Crippen LogP contribution in [0.5, 0.6) is 0 Å². The average molecular weight is 231 g/mol. The second kappa shape index (κ2) is 6.81. The molecule has 1 amide bonds. The minimum Gasteiger partial charge on any atom is -0.481 e. The van der Waals surface area contributed by atoms with Crippen molar-refractivity contribution in [2.45, 2.75) is 19.8 Å². The molecule has 6 heteroatoms. The molecular weight excluding hydrogens is 214 g/mol. The summed E-state index contributed by atoms with van der Waals surface area (Å²) in [6.45, 7) is 1.67. The van der Waals surface area contributed by atoms with E-state index in [1.807, 2.05) is 0 Å². The molecule has 0 saturated heterocycles. The fourth-order valence-corrected chi connectivity index (χ4v) is 1.11. The van der Waals surface area contributed by atoms with Crippen LogP contribution in [0.1, 0.15) is 19.8 Å². The van der Waals surface area contributed by atoms with Crippen LogP contribution in [0.15, 0.2) is 0 Å². The molecular formula is C10H17NO5. The number of amides is 1. The number of hydrogen-bond acceptors (Lipinski definition) is 4. The van der Waals surface area contributed by atoms with Crippen molar-refractivity contribution in [2.24, 2.45) is 5.92 Å². The summed E-state index contributed by atoms with van der Waals surface area (Å²) in [5.41, 5.74) is 0. The van der Waals surface area contributed by atoms with Crippen molar-refractivity contribution >= 4 is 17.8 Å². The first-order valence-electron chi connectivity index (χ1n) is 4.94. The maximum Gasteiger partial charge on any atom is 0.315 e. The number of methoxy groups -OCH3 is 1. The molecule has 1 unspecified atom stereocenters. The zero-order valence-corrected chi connectivity index (χ0v) is 9.73. The van der Waals surface area contributed by atoms with Gasteiger partial charge in [0.2, 0.25) is 5.91 Å². The lowest BCUT2D eigenvalue weighted by atomic mass is 10.1. The number of rotatable bonds is 6. The van der Waals surface area contributed by atoms with Gasteiger partial charge in [0, 0.05) is 20.0 Å². The van der Waals surface area contributed by atoms with E-state index in [-0.39, 0.29) is 12.4 Å². The molecule has 0 fully saturated rings. The molecule has 0 aromatic carbocycles. The molecule has 1 N–H and O–H groups in total. The van der Waals surface area contributed by atoms with E-state index in [0.29, 0.717) is 13.0 Å². The number of carboxylic acids is 1. The molecule has 0 bridgehead atoms. The number of aliphatic carboxylic acids is 1. The lowest BCUT2D eigenvalue weighted by molar-refractivity contribution is -0.150. The summed E-state index contributed by atoms with van der Waals surface area (Å²) in [5.74, 6) is -3.00. The van der Waals surface area contributed by atoms with Crippen LogP contribution in [0.25, 0.3) is 0 Å². The summed E-state index contributed by atoms with van der Waals surface area (Å²) in [5, 5.41) is 8.63. The lowest BCUT2D eigenvalue weighted by Gasteiger charge is -2.18. The third-order valence-electron chi connectivity index (χ3n) is 2.22. The molecule has 0 aliphatic carbocycles. The first kappa shape index (κ1) is 14.4. The molecule has 6 nitrogen and oxygen atoms in total. The van der Waals surface area contributed by atoms with Gasteiger partial charge in [-0.25, -0.2) is 0 Å². The Kier molecular flexibility index (Phi) is 6.14. The molecule has 0 radical (unpaired) electrons. The van der Waals surface area contributed by atoms with Crippen LogP contribution in [-0.4, -0.2) is 48.6 Å². The summed E-state index contributed by atoms with van der Waals surface area (Å²) < 4.78 is 4.44. The average Bonchev–Trinajstić information content (AvgIpc) is 2.26. The standard InChI is InChI=1S/C10H17NO5/c1-7(10(14)15)9(13)11(2)6-4-5-8(12)16-3/h7H,4-6H2,1-3H3,(H,14,15). The number of hydrogen-bond donors (Lipinski definition) is 1. The van der Waals surface area contributed by atoms with Crippen LogP contribution in [0, 0.1) is 5.92 Å². The van der Waals surface area contributed by atoms with E-state index in [2.05, 4.69) is 4.74 Å². The molecule has 92 valence electrons. The second-order valence-corrected chi connectivity index (χ2v) is 3.50. The number of carbonyl (C=O) groups is 3. The highest BCUT2D eigenvalue weighted by Gasteiger charge is 2.23. The van der Waals surface area contributed by atoms with Crippen molar-refractivity contribution in [2.75, 3.05) is 20.7 Å². The fraction of sp³-hybridized carbons (Fsp3) is 0.700. The SMILES string of the molecule is COC(=O)CCCN(C)C(=O)C(C)C(=O)O. The quantitative estimate of drug-likeness (QED) is 0.518. The van der Waals surface area contributed by atoms with Gasteiger partial charge in [0.15, 0.2) is 0 Å². The van der Waals surface area contributed by atoms with E-state index in [0.717, 1.165) is 0 Å². The Labute approximate surface area is 94.2 Å². The van der Waals surface area contributed by atoms with Gasteiger partial charge in [-0.2, -0.15) is 0 Å². The van der Waals surface area contributed by atoms with E-state index in [1.54, 1.807) is 0 Å². The predicted molar refractivity (Wildman–Crippen MR) is 55.7 cm³/mol. The summed E-state index contributed by atoms with van der Waals surface area (Å²) in [6.07, 6.45) is 0.677. The normalized spacial score (nSPS) is 11.7. The van der Waals surface area contributed by atoms with Crippen LogP contribution >= 0.6 is 0 Å². The minimum absolute atomic E-state index is 0.218. The van der Waals surface area contributed by atoms with Gasteiger partial charge in [-0.05, 0) is 13.3 Å². The van der Waals surface area contributed by atoms with E-state index in [1.165, 1.54) is 26.0 Å². The highest BCUT2D eigenvalue weighted by molar-refractivity contribution is 5.96. The molecule has 0 aromatic heterocycles. The molecule has 0 saturated carbocycles. The third-order valence-corrected chi connectivity index (χ3v) is 2.22. The second-order valence-electron chi connectivity index (χ2n) is 3.50. The predicted octanol–water partition coefficient (Wildman–Crippen LogP) is 0.119. The summed E-state index contributed by atoms with van der Waals surface area (Å²) >= 11 is 0. The van der Waals surface area contributed by atoms with Crippen LogP contribution in [-0.2, 0) is 19.1 Å². The maximum atomic E-state index is 11.5. The summed E-state index contributed by atoms with van der Waals surface area (Å²) in [7, 11) is 2.81. The van der Waals surface area contributed by atoms with Crippen LogP contribution in [0.2, 0.25) is 0 Å². The number of ether oxygens (including phenoxy) is 1. The largest absolute Gasteiger partial charge is 0.481 e. The van der Waals surface area contributed by atoms with E-state index in [4.69, 9.17) is 5.11 Å². The number of carboxylic acid groups (broad SMARTS) is 1. The molecule has 0 aliphatic rings. The van der Waals surface area contributed by atoms with Crippen LogP contribution in [0.3, 0.4) is 0 Å². The Morgan fingerprint density at radius 1 is 1.38 bits per heavy atom. The van der Waals surface area contributed by atoms with Gasteiger partial charge in [-0.3, -0.25) is 14.4 Å². The molecule has 0 heterocycles. The maximum absolute atomic E-state index is 11.5. The van der Waals surface area contributed by atoms with Crippen LogP contribution < -0.4 is 0 Å². The summed E-state index contributed by atoms with van der Waals surface area (Å²) in [4.78, 5) is 34.1. The fourth-order valence-electron chi connectivity index (χ4n) is 1.11. The van der Waals surface area contributed by atoms with E-state index >= 15 is 0 Å². The first-order chi connectivity index (χ1) is 7.40. The zero-order valence-electron chi connectivity index (χ0n) is 9.73. The molecule has 16 heavy (non-hydrogen) atoms. The molecule has 0 rings (SSSR count). The van der Waals surface area contributed by atoms with Gasteiger partial charge in [0.1, 0.15) is 5.92 Å². The summed E-state index contributed by atoms with van der Waals surface area (Å²) in [6, 6.07) is 0. The first-order valence-corrected chi connectivity index (χ1v) is 4.94. The Bertz CT molecular complexity index is 276. The van der Waals surface area contributed by atoms with Gasteiger partial charge in [-0.1, -0.05) is 0 Å². The monoisotopic (exact) mass is 231 g/mol. The van der Waals surface area contributed by atoms with Gasteiger partial charge in [0.25, 0.3) is 0 Å². The lowest BCUT2D eigenvalue weighted by Crippen LogP contribution is -2.36. The van der Waals surface area contributed by atoms with Crippen molar-refractivity contribution in [3.8, 4) is 0 Å². The van der Waals surface area contributed by atoms with Crippen molar-refractivity contribution in [1.82, 2.24) is 4.90 Å². The van der Waals surface area contributed by atoms with Crippen molar-refractivity contribution in [3.63, 3.8) is 0 Å². The highest BCUT2D eigenvalue weighted by Crippen LogP contribution is 2.03. The number of esters is 1. The minimum atomic E-state index is -1.15. The van der Waals surface area contributed by atoms with Gasteiger partial charge >= 0.3 is 11.9 Å². The molecule has 0 aliphatic heterocycles. The van der Waals surface area contributed by atoms with E-state index < -0.39 is 17.8 Å². The van der Waals surface area contributed by atoms with Crippen molar-refractivity contribution in [3.05, 3.63) is 0 Å². The van der Waals surface area contributed by atoms with Crippen molar-refractivity contribution in [1.29, 1.82) is 0 Å². The Morgan fingerprint density at radius 3 is 2.38 bits per heavy atom. The zero-order chi connectivity index (χ0) is 12.7. The Hall–Kier alpha value is -1.59. The molecule has 1 atom stereocenters. The molecule has 0 spiro atoms. The van der Waals surface area contributed by atoms with Gasteiger partial charge in [-0.15, -0.1) is 0 Å².